The summed E-state index contributed by atoms with van der Waals surface area (Å²) < 4.78 is 0. The third kappa shape index (κ3) is 1.82. The SMILES string of the molecule is c1ccc2cc(-c3ccc4ccccc4n3)ncc2c1. The molecule has 2 aromatic carbocycles. The second kappa shape index (κ2) is 4.42. The highest BCUT2D eigenvalue weighted by atomic mass is 14.8. The number of fused-ring (bicyclic) bond motifs is 2. The first-order valence-electron chi connectivity index (χ1n) is 6.61. The Hall–Kier alpha value is -2.74. The van der Waals surface area contributed by atoms with Gasteiger partial charge in [0.25, 0.3) is 0 Å². The second-order valence-corrected chi connectivity index (χ2v) is 4.81. The molecule has 0 N–H and O–H groups in total. The van der Waals surface area contributed by atoms with Crippen LogP contribution in [0.15, 0.2) is 72.9 Å². The molecule has 0 spiro atoms. The van der Waals surface area contributed by atoms with Crippen molar-refractivity contribution in [2.75, 3.05) is 0 Å². The number of pyridine rings is 2. The fourth-order valence-electron chi connectivity index (χ4n) is 2.43. The maximum absolute atomic E-state index is 4.69. The fourth-order valence-corrected chi connectivity index (χ4v) is 2.43. The number of hydrogen-bond acceptors (Lipinski definition) is 2. The molecule has 94 valence electrons. The first kappa shape index (κ1) is 11.1. The van der Waals surface area contributed by atoms with Crippen LogP contribution in [-0.4, -0.2) is 9.97 Å². The average Bonchev–Trinajstić information content (AvgIpc) is 2.54. The minimum absolute atomic E-state index is 0.912. The van der Waals surface area contributed by atoms with Gasteiger partial charge in [-0.25, -0.2) is 4.98 Å². The van der Waals surface area contributed by atoms with E-state index < -0.39 is 0 Å². The standard InChI is InChI=1S/C18H12N2/c1-2-7-15-12-19-18(11-14(15)6-1)17-10-9-13-5-3-4-8-16(13)20-17/h1-12H. The summed E-state index contributed by atoms with van der Waals surface area (Å²) in [7, 11) is 0. The lowest BCUT2D eigenvalue weighted by Crippen LogP contribution is -1.88. The molecule has 0 atom stereocenters. The van der Waals surface area contributed by atoms with Crippen LogP contribution in [0.4, 0.5) is 0 Å². The van der Waals surface area contributed by atoms with Crippen LogP contribution in [0, 0.1) is 0 Å². The molecule has 4 rings (SSSR count). The number of rotatable bonds is 1. The monoisotopic (exact) mass is 256 g/mol. The molecular formula is C18H12N2. The van der Waals surface area contributed by atoms with Gasteiger partial charge in [-0.2, -0.15) is 0 Å². The van der Waals surface area contributed by atoms with Gasteiger partial charge in [0.1, 0.15) is 0 Å². The summed E-state index contributed by atoms with van der Waals surface area (Å²) in [5.74, 6) is 0. The van der Waals surface area contributed by atoms with Crippen LogP contribution in [-0.2, 0) is 0 Å². The van der Waals surface area contributed by atoms with Gasteiger partial charge in [-0.05, 0) is 23.6 Å². The molecule has 0 aliphatic heterocycles. The quantitative estimate of drug-likeness (QED) is 0.503. The minimum Gasteiger partial charge on any atom is -0.254 e. The predicted molar refractivity (Wildman–Crippen MR) is 82.5 cm³/mol. The van der Waals surface area contributed by atoms with Crippen molar-refractivity contribution in [3.8, 4) is 11.4 Å². The Labute approximate surface area is 116 Å². The first-order valence-corrected chi connectivity index (χ1v) is 6.61. The molecule has 2 heterocycles. The van der Waals surface area contributed by atoms with Crippen molar-refractivity contribution in [1.82, 2.24) is 9.97 Å². The third-order valence-electron chi connectivity index (χ3n) is 3.49. The van der Waals surface area contributed by atoms with Crippen molar-refractivity contribution >= 4 is 21.7 Å². The number of aromatic nitrogens is 2. The molecular weight excluding hydrogens is 244 g/mol. The molecule has 2 nitrogen and oxygen atoms in total. The van der Waals surface area contributed by atoms with Crippen molar-refractivity contribution in [2.24, 2.45) is 0 Å². The molecule has 2 heteroatoms. The van der Waals surface area contributed by atoms with Crippen molar-refractivity contribution in [3.63, 3.8) is 0 Å². The van der Waals surface area contributed by atoms with Crippen molar-refractivity contribution in [1.29, 1.82) is 0 Å². The van der Waals surface area contributed by atoms with Crippen LogP contribution in [0.3, 0.4) is 0 Å². The zero-order chi connectivity index (χ0) is 13.4. The largest absolute Gasteiger partial charge is 0.254 e. The van der Waals surface area contributed by atoms with Crippen LogP contribution < -0.4 is 0 Å². The Morgan fingerprint density at radius 3 is 2.25 bits per heavy atom. The number of nitrogens with zero attached hydrogens (tertiary/aromatic N) is 2. The minimum atomic E-state index is 0.912. The highest BCUT2D eigenvalue weighted by molar-refractivity contribution is 5.86. The third-order valence-corrected chi connectivity index (χ3v) is 3.49. The van der Waals surface area contributed by atoms with Gasteiger partial charge in [0.05, 0.1) is 16.9 Å². The van der Waals surface area contributed by atoms with Gasteiger partial charge in [-0.15, -0.1) is 0 Å². The van der Waals surface area contributed by atoms with Crippen molar-refractivity contribution < 1.29 is 0 Å². The van der Waals surface area contributed by atoms with Crippen molar-refractivity contribution in [2.45, 2.75) is 0 Å². The van der Waals surface area contributed by atoms with E-state index in [-0.39, 0.29) is 0 Å². The van der Waals surface area contributed by atoms with E-state index in [2.05, 4.69) is 40.3 Å². The zero-order valence-corrected chi connectivity index (χ0v) is 10.8. The van der Waals surface area contributed by atoms with E-state index in [1.807, 2.05) is 42.6 Å². The van der Waals surface area contributed by atoms with Gasteiger partial charge >= 0.3 is 0 Å². The molecule has 0 unspecified atom stereocenters. The Balaban J connectivity index is 1.91. The highest BCUT2D eigenvalue weighted by Crippen LogP contribution is 2.22. The van der Waals surface area contributed by atoms with Gasteiger partial charge in [0.15, 0.2) is 0 Å². The van der Waals surface area contributed by atoms with Crippen LogP contribution in [0.1, 0.15) is 0 Å². The van der Waals surface area contributed by atoms with Gasteiger partial charge in [0.2, 0.25) is 0 Å². The fraction of sp³-hybridized carbons (Fsp3) is 0. The Morgan fingerprint density at radius 1 is 0.600 bits per heavy atom. The van der Waals surface area contributed by atoms with Gasteiger partial charge in [-0.1, -0.05) is 48.5 Å². The first-order chi connectivity index (χ1) is 9.90. The molecule has 0 radical (unpaired) electrons. The highest BCUT2D eigenvalue weighted by Gasteiger charge is 2.03. The number of para-hydroxylation sites is 1. The molecule has 0 aliphatic rings. The average molecular weight is 256 g/mol. The lowest BCUT2D eigenvalue weighted by atomic mass is 10.1. The Kier molecular flexibility index (Phi) is 2.46. The zero-order valence-electron chi connectivity index (χ0n) is 10.8. The maximum Gasteiger partial charge on any atom is 0.0894 e. The molecule has 20 heavy (non-hydrogen) atoms. The Morgan fingerprint density at radius 2 is 1.35 bits per heavy atom. The van der Waals surface area contributed by atoms with Gasteiger partial charge in [0, 0.05) is 17.0 Å². The number of hydrogen-bond donors (Lipinski definition) is 0. The molecule has 4 aromatic rings. The van der Waals surface area contributed by atoms with Gasteiger partial charge < -0.3 is 0 Å². The van der Waals surface area contributed by atoms with E-state index in [1.165, 1.54) is 5.39 Å². The summed E-state index contributed by atoms with van der Waals surface area (Å²) in [6, 6.07) is 22.6. The van der Waals surface area contributed by atoms with Crippen LogP contribution in [0.5, 0.6) is 0 Å². The topological polar surface area (TPSA) is 25.8 Å². The van der Waals surface area contributed by atoms with E-state index in [0.717, 1.165) is 27.7 Å². The summed E-state index contributed by atoms with van der Waals surface area (Å²) in [6.45, 7) is 0. The summed E-state index contributed by atoms with van der Waals surface area (Å²) in [4.78, 5) is 9.21. The van der Waals surface area contributed by atoms with Crippen LogP contribution >= 0.6 is 0 Å². The summed E-state index contributed by atoms with van der Waals surface area (Å²) >= 11 is 0. The van der Waals surface area contributed by atoms with E-state index in [0.29, 0.717) is 0 Å². The van der Waals surface area contributed by atoms with Gasteiger partial charge in [-0.3, -0.25) is 4.98 Å². The van der Waals surface area contributed by atoms with Crippen LogP contribution in [0.25, 0.3) is 33.1 Å². The van der Waals surface area contributed by atoms with E-state index in [9.17, 15) is 0 Å². The Bertz CT molecular complexity index is 836. The summed E-state index contributed by atoms with van der Waals surface area (Å²) in [5.41, 5.74) is 2.82. The normalized spacial score (nSPS) is 11.0. The van der Waals surface area contributed by atoms with E-state index in [4.69, 9.17) is 0 Å². The smallest absolute Gasteiger partial charge is 0.0894 e. The van der Waals surface area contributed by atoms with Crippen molar-refractivity contribution in [3.05, 3.63) is 72.9 Å². The lowest BCUT2D eigenvalue weighted by Gasteiger charge is -2.04. The molecule has 2 aromatic heterocycles. The van der Waals surface area contributed by atoms with E-state index in [1.54, 1.807) is 0 Å². The van der Waals surface area contributed by atoms with E-state index >= 15 is 0 Å². The predicted octanol–water partition coefficient (Wildman–Crippen LogP) is 4.45. The molecule has 0 saturated carbocycles. The van der Waals surface area contributed by atoms with Crippen LogP contribution in [0.2, 0.25) is 0 Å². The molecule has 0 fully saturated rings. The maximum atomic E-state index is 4.69. The second-order valence-electron chi connectivity index (χ2n) is 4.81. The number of benzene rings is 2. The lowest BCUT2D eigenvalue weighted by molar-refractivity contribution is 1.29. The molecule has 0 aliphatic carbocycles. The molecule has 0 bridgehead atoms. The molecule has 0 amide bonds. The summed E-state index contributed by atoms with van der Waals surface area (Å²) in [6.07, 6.45) is 1.90. The summed E-state index contributed by atoms with van der Waals surface area (Å²) in [5, 5.41) is 3.49. The molecule has 0 saturated heterocycles.